The third-order valence-electron chi connectivity index (χ3n) is 4.42. The largest absolute Gasteiger partial charge is 0.504 e. The lowest BCUT2D eigenvalue weighted by Crippen LogP contribution is -1.79. The Morgan fingerprint density at radius 3 is 1.42 bits per heavy atom. The van der Waals surface area contributed by atoms with Crippen molar-refractivity contribution >= 4 is 22.1 Å². The SMILES string of the molecule is Oc1c2nc(-c3ccccc3)[nH]c2c(O)c2[nH]c(-c3ccccc3)nc12. The Morgan fingerprint density at radius 1 is 0.577 bits per heavy atom. The number of nitrogens with one attached hydrogen (secondary N) is 2. The first-order chi connectivity index (χ1) is 12.7. The van der Waals surface area contributed by atoms with E-state index in [1.165, 1.54) is 0 Å². The third-order valence-corrected chi connectivity index (χ3v) is 4.42. The van der Waals surface area contributed by atoms with Gasteiger partial charge in [-0.1, -0.05) is 60.7 Å². The predicted molar refractivity (Wildman–Crippen MR) is 99.9 cm³/mol. The minimum atomic E-state index is -0.0651. The van der Waals surface area contributed by atoms with E-state index in [4.69, 9.17) is 0 Å². The number of hydrogen-bond donors (Lipinski definition) is 4. The molecule has 0 unspecified atom stereocenters. The van der Waals surface area contributed by atoms with Gasteiger partial charge in [-0.15, -0.1) is 0 Å². The van der Waals surface area contributed by atoms with E-state index in [9.17, 15) is 10.2 Å². The molecular formula is C20H14N4O2. The number of phenols is 2. The molecule has 0 saturated carbocycles. The van der Waals surface area contributed by atoms with Crippen molar-refractivity contribution in [1.29, 1.82) is 0 Å². The maximum absolute atomic E-state index is 10.7. The fourth-order valence-corrected chi connectivity index (χ4v) is 3.13. The summed E-state index contributed by atoms with van der Waals surface area (Å²) in [5.41, 5.74) is 3.06. The zero-order valence-corrected chi connectivity index (χ0v) is 13.6. The molecule has 0 radical (unpaired) electrons. The number of fused-ring (bicyclic) bond motifs is 2. The van der Waals surface area contributed by atoms with Crippen molar-refractivity contribution in [3.8, 4) is 34.3 Å². The molecular weight excluding hydrogens is 328 g/mol. The molecule has 0 amide bonds. The van der Waals surface area contributed by atoms with E-state index in [2.05, 4.69) is 19.9 Å². The molecule has 2 heterocycles. The van der Waals surface area contributed by atoms with E-state index in [0.717, 1.165) is 11.1 Å². The highest BCUT2D eigenvalue weighted by Gasteiger charge is 2.21. The zero-order chi connectivity index (χ0) is 17.7. The van der Waals surface area contributed by atoms with Gasteiger partial charge in [-0.25, -0.2) is 9.97 Å². The molecule has 6 nitrogen and oxygen atoms in total. The molecule has 5 rings (SSSR count). The second-order valence-electron chi connectivity index (χ2n) is 6.05. The van der Waals surface area contributed by atoms with Crippen LogP contribution in [-0.4, -0.2) is 30.1 Å². The number of aromatic hydroxyl groups is 2. The van der Waals surface area contributed by atoms with Crippen LogP contribution in [0.2, 0.25) is 0 Å². The molecule has 0 aliphatic heterocycles. The third kappa shape index (κ3) is 2.05. The van der Waals surface area contributed by atoms with Crippen LogP contribution in [0.15, 0.2) is 60.7 Å². The highest BCUT2D eigenvalue weighted by Crippen LogP contribution is 2.41. The Labute approximate surface area is 147 Å². The molecule has 0 atom stereocenters. The summed E-state index contributed by atoms with van der Waals surface area (Å²) in [7, 11) is 0. The van der Waals surface area contributed by atoms with Crippen LogP contribution in [0.1, 0.15) is 0 Å². The molecule has 0 spiro atoms. The molecule has 3 aromatic carbocycles. The Bertz CT molecular complexity index is 1090. The van der Waals surface area contributed by atoms with E-state index in [0.29, 0.717) is 33.7 Å². The van der Waals surface area contributed by atoms with Gasteiger partial charge < -0.3 is 20.2 Å². The van der Waals surface area contributed by atoms with Gasteiger partial charge in [0, 0.05) is 11.1 Å². The van der Waals surface area contributed by atoms with E-state index >= 15 is 0 Å². The fourth-order valence-electron chi connectivity index (χ4n) is 3.13. The standard InChI is InChI=1S/C20H14N4O2/c25-17-13-14(22-19(21-13)11-7-3-1-4-8-11)18(26)16-15(17)23-20(24-16)12-9-5-2-6-10-12/h1-10,25-26H,(H,21,22)(H,23,24). The van der Waals surface area contributed by atoms with Crippen LogP contribution in [0.4, 0.5) is 0 Å². The minimum absolute atomic E-state index is 0.0165. The first-order valence-electron chi connectivity index (χ1n) is 8.16. The van der Waals surface area contributed by atoms with Gasteiger partial charge in [-0.3, -0.25) is 0 Å². The molecule has 0 aliphatic carbocycles. The number of H-pyrrole nitrogens is 2. The average Bonchev–Trinajstić information content (AvgIpc) is 3.33. The van der Waals surface area contributed by atoms with Crippen LogP contribution in [0.25, 0.3) is 44.8 Å². The Kier molecular flexibility index (Phi) is 2.99. The highest BCUT2D eigenvalue weighted by atomic mass is 16.3. The first kappa shape index (κ1) is 14.5. The second kappa shape index (κ2) is 5.35. The van der Waals surface area contributed by atoms with Gasteiger partial charge in [0.1, 0.15) is 33.7 Å². The first-order valence-corrected chi connectivity index (χ1v) is 8.16. The maximum Gasteiger partial charge on any atom is 0.172 e. The van der Waals surface area contributed by atoms with Gasteiger partial charge in [0.25, 0.3) is 0 Å². The molecule has 0 aliphatic rings. The van der Waals surface area contributed by atoms with Crippen molar-refractivity contribution < 1.29 is 10.2 Å². The highest BCUT2D eigenvalue weighted by molar-refractivity contribution is 6.06. The van der Waals surface area contributed by atoms with Crippen LogP contribution in [0.5, 0.6) is 11.5 Å². The number of benzene rings is 3. The number of aromatic amines is 2. The summed E-state index contributed by atoms with van der Waals surface area (Å²) in [5.74, 6) is 1.06. The summed E-state index contributed by atoms with van der Waals surface area (Å²) < 4.78 is 0. The quantitative estimate of drug-likeness (QED) is 0.362. The summed E-state index contributed by atoms with van der Waals surface area (Å²) >= 11 is 0. The number of imidazole rings is 2. The minimum Gasteiger partial charge on any atom is -0.504 e. The summed E-state index contributed by atoms with van der Waals surface area (Å²) in [6.07, 6.45) is 0. The molecule has 0 saturated heterocycles. The average molecular weight is 342 g/mol. The van der Waals surface area contributed by atoms with Gasteiger partial charge in [-0.05, 0) is 0 Å². The second-order valence-corrected chi connectivity index (χ2v) is 6.05. The van der Waals surface area contributed by atoms with Crippen molar-refractivity contribution in [1.82, 2.24) is 19.9 Å². The molecule has 126 valence electrons. The summed E-state index contributed by atoms with van der Waals surface area (Å²) in [6, 6.07) is 19.1. The van der Waals surface area contributed by atoms with Crippen molar-refractivity contribution in [3.63, 3.8) is 0 Å². The fraction of sp³-hybridized carbons (Fsp3) is 0. The normalized spacial score (nSPS) is 11.4. The van der Waals surface area contributed by atoms with Gasteiger partial charge >= 0.3 is 0 Å². The van der Waals surface area contributed by atoms with Crippen molar-refractivity contribution in [2.45, 2.75) is 0 Å². The molecule has 26 heavy (non-hydrogen) atoms. The zero-order valence-electron chi connectivity index (χ0n) is 13.6. The topological polar surface area (TPSA) is 97.8 Å². The molecule has 6 heteroatoms. The van der Waals surface area contributed by atoms with E-state index in [-0.39, 0.29) is 11.5 Å². The van der Waals surface area contributed by atoms with Crippen molar-refractivity contribution in [3.05, 3.63) is 60.7 Å². The van der Waals surface area contributed by atoms with E-state index in [1.54, 1.807) is 0 Å². The van der Waals surface area contributed by atoms with Gasteiger partial charge in [0.05, 0.1) is 0 Å². The number of phenolic OH excluding ortho intramolecular Hbond substituents is 2. The number of aromatic nitrogens is 4. The van der Waals surface area contributed by atoms with Crippen LogP contribution in [0, 0.1) is 0 Å². The van der Waals surface area contributed by atoms with Gasteiger partial charge in [0.15, 0.2) is 11.5 Å². The summed E-state index contributed by atoms with van der Waals surface area (Å²) in [4.78, 5) is 15.1. The monoisotopic (exact) mass is 342 g/mol. The van der Waals surface area contributed by atoms with Crippen LogP contribution in [0.3, 0.4) is 0 Å². The maximum atomic E-state index is 10.7. The van der Waals surface area contributed by atoms with Crippen LogP contribution < -0.4 is 0 Å². The van der Waals surface area contributed by atoms with Gasteiger partial charge in [-0.2, -0.15) is 0 Å². The van der Waals surface area contributed by atoms with Crippen molar-refractivity contribution in [2.75, 3.05) is 0 Å². The van der Waals surface area contributed by atoms with E-state index in [1.807, 2.05) is 60.7 Å². The van der Waals surface area contributed by atoms with Gasteiger partial charge in [0.2, 0.25) is 0 Å². The molecule has 0 bridgehead atoms. The van der Waals surface area contributed by atoms with Crippen molar-refractivity contribution in [2.24, 2.45) is 0 Å². The lowest BCUT2D eigenvalue weighted by Gasteiger charge is -1.98. The Morgan fingerprint density at radius 2 is 1.00 bits per heavy atom. The van der Waals surface area contributed by atoms with Crippen LogP contribution >= 0.6 is 0 Å². The molecule has 5 aromatic rings. The number of hydrogen-bond acceptors (Lipinski definition) is 4. The Balaban J connectivity index is 1.76. The van der Waals surface area contributed by atoms with Crippen LogP contribution in [-0.2, 0) is 0 Å². The molecule has 2 aromatic heterocycles. The Hall–Kier alpha value is -3.80. The smallest absolute Gasteiger partial charge is 0.172 e. The lowest BCUT2D eigenvalue weighted by molar-refractivity contribution is 0.476. The summed E-state index contributed by atoms with van der Waals surface area (Å²) in [6.45, 7) is 0. The predicted octanol–water partition coefficient (Wildman–Crippen LogP) is 4.18. The number of rotatable bonds is 2. The molecule has 4 N–H and O–H groups in total. The summed E-state index contributed by atoms with van der Waals surface area (Å²) in [5, 5.41) is 21.4. The lowest BCUT2D eigenvalue weighted by atomic mass is 10.2. The number of nitrogens with zero attached hydrogens (tertiary/aromatic N) is 2. The van der Waals surface area contributed by atoms with E-state index < -0.39 is 0 Å². The molecule has 0 fully saturated rings.